The average Bonchev–Trinajstić information content (AvgIpc) is 2.13. The molecule has 0 N–H and O–H groups in total. The van der Waals surface area contributed by atoms with Gasteiger partial charge in [-0.1, -0.05) is 12.2 Å². The second kappa shape index (κ2) is 2.45. The van der Waals surface area contributed by atoms with E-state index in [0.717, 1.165) is 12.1 Å². The lowest BCUT2D eigenvalue weighted by atomic mass is 10.0. The highest BCUT2D eigenvalue weighted by molar-refractivity contribution is 5.78. The van der Waals surface area contributed by atoms with Gasteiger partial charge in [0.1, 0.15) is 0 Å². The smallest absolute Gasteiger partial charge is 0.222 e. The Kier molecular flexibility index (Phi) is 1.79. The lowest BCUT2D eigenvalue weighted by Gasteiger charge is -2.08. The maximum absolute atomic E-state index is 11.0. The van der Waals surface area contributed by atoms with Crippen molar-refractivity contribution in [2.24, 2.45) is 5.92 Å². The van der Waals surface area contributed by atoms with E-state index in [1.54, 1.807) is 4.90 Å². The molecule has 1 atom stereocenters. The Labute approximate surface area is 61.5 Å². The molecule has 0 aromatic carbocycles. The summed E-state index contributed by atoms with van der Waals surface area (Å²) in [4.78, 5) is 12.7. The Bertz CT molecular complexity index is 174. The van der Waals surface area contributed by atoms with E-state index in [9.17, 15) is 4.79 Å². The highest BCUT2D eigenvalue weighted by Gasteiger charge is 2.26. The molecule has 2 nitrogen and oxygen atoms in total. The number of carbonyl (C=O) groups is 1. The first-order chi connectivity index (χ1) is 4.61. The van der Waals surface area contributed by atoms with Gasteiger partial charge in [0.15, 0.2) is 0 Å². The van der Waals surface area contributed by atoms with Crippen LogP contribution in [0, 0.1) is 5.92 Å². The molecule has 1 aliphatic heterocycles. The summed E-state index contributed by atoms with van der Waals surface area (Å²) < 4.78 is 0. The van der Waals surface area contributed by atoms with Crippen molar-refractivity contribution in [2.75, 3.05) is 13.6 Å². The van der Waals surface area contributed by atoms with Crippen LogP contribution in [-0.2, 0) is 4.79 Å². The highest BCUT2D eigenvalue weighted by atomic mass is 16.2. The highest BCUT2D eigenvalue weighted by Crippen LogP contribution is 2.21. The van der Waals surface area contributed by atoms with Crippen LogP contribution in [0.5, 0.6) is 0 Å². The summed E-state index contributed by atoms with van der Waals surface area (Å²) in [5.74, 6) is 0.644. The number of carbonyl (C=O) groups excluding carboxylic acids is 1. The van der Waals surface area contributed by atoms with Crippen LogP contribution in [-0.4, -0.2) is 24.4 Å². The summed E-state index contributed by atoms with van der Waals surface area (Å²) >= 11 is 0. The molecule has 1 fully saturated rings. The molecule has 1 rings (SSSR count). The zero-order valence-corrected chi connectivity index (χ0v) is 6.55. The number of amides is 1. The van der Waals surface area contributed by atoms with Crippen molar-refractivity contribution >= 4 is 5.91 Å². The summed E-state index contributed by atoms with van der Waals surface area (Å²) in [7, 11) is 1.84. The van der Waals surface area contributed by atoms with E-state index < -0.39 is 0 Å². The molecule has 0 aliphatic carbocycles. The Morgan fingerprint density at radius 1 is 1.80 bits per heavy atom. The average molecular weight is 139 g/mol. The van der Waals surface area contributed by atoms with Crippen LogP contribution in [0.2, 0.25) is 0 Å². The molecule has 0 unspecified atom stereocenters. The van der Waals surface area contributed by atoms with Gasteiger partial charge in [-0.05, 0) is 6.92 Å². The monoisotopic (exact) mass is 139 g/mol. The number of hydrogen-bond acceptors (Lipinski definition) is 1. The van der Waals surface area contributed by atoms with E-state index in [0.29, 0.717) is 12.3 Å². The normalized spacial score (nSPS) is 25.6. The minimum Gasteiger partial charge on any atom is -0.345 e. The SMILES string of the molecule is C=C(C)[C@@H]1CC(=O)N(C)C1. The van der Waals surface area contributed by atoms with Crippen LogP contribution in [0.3, 0.4) is 0 Å². The van der Waals surface area contributed by atoms with E-state index in [-0.39, 0.29) is 5.91 Å². The molecule has 0 radical (unpaired) electrons. The van der Waals surface area contributed by atoms with Gasteiger partial charge in [0.25, 0.3) is 0 Å². The third kappa shape index (κ3) is 1.20. The standard InChI is InChI=1S/C8H13NO/c1-6(2)7-4-8(10)9(3)5-7/h7H,1,4-5H2,2-3H3/t7-/m1/s1. The maximum atomic E-state index is 11.0. The molecule has 0 aromatic rings. The zero-order valence-electron chi connectivity index (χ0n) is 6.55. The molecule has 0 bridgehead atoms. The molecular formula is C8H13NO. The van der Waals surface area contributed by atoms with E-state index in [1.807, 2.05) is 14.0 Å². The first kappa shape index (κ1) is 7.32. The van der Waals surface area contributed by atoms with Crippen molar-refractivity contribution in [1.29, 1.82) is 0 Å². The van der Waals surface area contributed by atoms with Crippen LogP contribution in [0.15, 0.2) is 12.2 Å². The molecule has 0 saturated carbocycles. The molecule has 0 spiro atoms. The summed E-state index contributed by atoms with van der Waals surface area (Å²) in [6.45, 7) is 6.67. The molecule has 1 saturated heterocycles. The first-order valence-corrected chi connectivity index (χ1v) is 3.50. The fourth-order valence-electron chi connectivity index (χ4n) is 1.19. The molecule has 2 heteroatoms. The van der Waals surface area contributed by atoms with Crippen molar-refractivity contribution in [3.63, 3.8) is 0 Å². The molecular weight excluding hydrogens is 126 g/mol. The Morgan fingerprint density at radius 2 is 2.40 bits per heavy atom. The minimum atomic E-state index is 0.244. The van der Waals surface area contributed by atoms with Crippen molar-refractivity contribution < 1.29 is 4.79 Å². The van der Waals surface area contributed by atoms with Gasteiger partial charge in [-0.15, -0.1) is 0 Å². The third-order valence-corrected chi connectivity index (χ3v) is 2.04. The number of rotatable bonds is 1. The van der Waals surface area contributed by atoms with Crippen LogP contribution < -0.4 is 0 Å². The van der Waals surface area contributed by atoms with Crippen molar-refractivity contribution in [3.05, 3.63) is 12.2 Å². The fraction of sp³-hybridized carbons (Fsp3) is 0.625. The summed E-state index contributed by atoms with van der Waals surface area (Å²) in [5, 5.41) is 0. The Hall–Kier alpha value is -0.790. The molecule has 56 valence electrons. The Balaban J connectivity index is 2.57. The largest absolute Gasteiger partial charge is 0.345 e. The summed E-state index contributed by atoms with van der Waals surface area (Å²) in [6.07, 6.45) is 0.659. The summed E-state index contributed by atoms with van der Waals surface area (Å²) in [6, 6.07) is 0. The van der Waals surface area contributed by atoms with Crippen molar-refractivity contribution in [2.45, 2.75) is 13.3 Å². The lowest BCUT2D eigenvalue weighted by Crippen LogP contribution is -2.19. The van der Waals surface area contributed by atoms with E-state index in [2.05, 4.69) is 6.58 Å². The third-order valence-electron chi connectivity index (χ3n) is 2.04. The van der Waals surface area contributed by atoms with Gasteiger partial charge in [0.05, 0.1) is 0 Å². The number of nitrogens with zero attached hydrogens (tertiary/aromatic N) is 1. The van der Waals surface area contributed by atoms with Gasteiger partial charge in [0.2, 0.25) is 5.91 Å². The Morgan fingerprint density at radius 3 is 2.60 bits per heavy atom. The topological polar surface area (TPSA) is 20.3 Å². The van der Waals surface area contributed by atoms with Gasteiger partial charge in [-0.2, -0.15) is 0 Å². The van der Waals surface area contributed by atoms with Gasteiger partial charge in [0, 0.05) is 25.9 Å². The van der Waals surface area contributed by atoms with Gasteiger partial charge in [-0.25, -0.2) is 0 Å². The second-order valence-electron chi connectivity index (χ2n) is 3.02. The predicted molar refractivity (Wildman–Crippen MR) is 40.6 cm³/mol. The number of likely N-dealkylation sites (tertiary alicyclic amines) is 1. The first-order valence-electron chi connectivity index (χ1n) is 3.50. The predicted octanol–water partition coefficient (Wildman–Crippen LogP) is 1.04. The van der Waals surface area contributed by atoms with Crippen LogP contribution >= 0.6 is 0 Å². The van der Waals surface area contributed by atoms with E-state index in [1.165, 1.54) is 0 Å². The van der Waals surface area contributed by atoms with Crippen LogP contribution in [0.4, 0.5) is 0 Å². The van der Waals surface area contributed by atoms with E-state index >= 15 is 0 Å². The summed E-state index contributed by atoms with van der Waals surface area (Å²) in [5.41, 5.74) is 1.12. The minimum absolute atomic E-state index is 0.244. The molecule has 10 heavy (non-hydrogen) atoms. The lowest BCUT2D eigenvalue weighted by molar-refractivity contribution is -0.126. The molecule has 1 heterocycles. The van der Waals surface area contributed by atoms with E-state index in [4.69, 9.17) is 0 Å². The maximum Gasteiger partial charge on any atom is 0.222 e. The van der Waals surface area contributed by atoms with Crippen molar-refractivity contribution in [1.82, 2.24) is 4.90 Å². The van der Waals surface area contributed by atoms with Gasteiger partial charge < -0.3 is 4.90 Å². The van der Waals surface area contributed by atoms with Gasteiger partial charge >= 0.3 is 0 Å². The zero-order chi connectivity index (χ0) is 7.72. The van der Waals surface area contributed by atoms with Crippen LogP contribution in [0.1, 0.15) is 13.3 Å². The molecule has 1 aliphatic rings. The second-order valence-corrected chi connectivity index (χ2v) is 3.02. The fourth-order valence-corrected chi connectivity index (χ4v) is 1.19. The van der Waals surface area contributed by atoms with Crippen LogP contribution in [0.25, 0.3) is 0 Å². The number of hydrogen-bond donors (Lipinski definition) is 0. The van der Waals surface area contributed by atoms with Gasteiger partial charge in [-0.3, -0.25) is 4.79 Å². The quantitative estimate of drug-likeness (QED) is 0.497. The van der Waals surface area contributed by atoms with Crippen molar-refractivity contribution in [3.8, 4) is 0 Å². The molecule has 0 aromatic heterocycles. The molecule has 1 amide bonds.